The van der Waals surface area contributed by atoms with Gasteiger partial charge in [-0.25, -0.2) is 29.6 Å². The van der Waals surface area contributed by atoms with E-state index in [0.29, 0.717) is 54.6 Å². The molecule has 0 spiro atoms. The highest BCUT2D eigenvalue weighted by molar-refractivity contribution is 7.89. The number of carbonyl (C=O) groups is 2. The Balaban J connectivity index is 0.000000250. The lowest BCUT2D eigenvalue weighted by Gasteiger charge is -2.33. The summed E-state index contributed by atoms with van der Waals surface area (Å²) < 4.78 is 35.9. The van der Waals surface area contributed by atoms with Gasteiger partial charge in [0.1, 0.15) is 23.9 Å². The second-order valence-corrected chi connectivity index (χ2v) is 21.1. The molecule has 1 amide bonds. The molecule has 3 aliphatic heterocycles. The predicted octanol–water partition coefficient (Wildman–Crippen LogP) is 10.9. The molecule has 0 unspecified atom stereocenters. The van der Waals surface area contributed by atoms with Crippen molar-refractivity contribution < 1.29 is 33.6 Å². The molecule has 73 heavy (non-hydrogen) atoms. The van der Waals surface area contributed by atoms with Crippen molar-refractivity contribution in [2.24, 2.45) is 11.0 Å². The second kappa shape index (κ2) is 28.5. The summed E-state index contributed by atoms with van der Waals surface area (Å²) in [6, 6.07) is 24.5. The Labute approximate surface area is 443 Å². The van der Waals surface area contributed by atoms with Crippen LogP contribution in [-0.2, 0) is 25.9 Å². The number of aromatic amines is 1. The van der Waals surface area contributed by atoms with E-state index in [1.807, 2.05) is 58.0 Å². The first kappa shape index (κ1) is 58.0. The number of sulfonamides is 1. The third kappa shape index (κ3) is 18.5. The fourth-order valence-electron chi connectivity index (χ4n) is 7.86. The summed E-state index contributed by atoms with van der Waals surface area (Å²) in [5.41, 5.74) is 7.39. The van der Waals surface area contributed by atoms with Gasteiger partial charge in [-0.05, 0) is 152 Å². The van der Waals surface area contributed by atoms with Gasteiger partial charge in [0.2, 0.25) is 0 Å². The van der Waals surface area contributed by atoms with Gasteiger partial charge in [0.05, 0.1) is 10.6 Å². The zero-order chi connectivity index (χ0) is 51.5. The number of ether oxygens (including phenoxy) is 2. The SMILES string of the molecule is C1CCOC1.Cc1ccc(S(=O)(=O)N/N=C(\Cc2ccncn2)C2CCN(C(=O)OC(C)(C)C)CC2)cc1.Clc1ccc(-c2n[nH]c(C3CCNCC3)c2-c2ccncn2)cc1.F.O=C(Cl)c1ccc(Cl)cc1.[3HH]. The van der Waals surface area contributed by atoms with Gasteiger partial charge in [-0.3, -0.25) is 14.6 Å². The summed E-state index contributed by atoms with van der Waals surface area (Å²) in [5, 5.41) is 16.5. The fraction of sp³-hybridized carbons (Fsp3) is 0.385. The molecule has 6 heterocycles. The van der Waals surface area contributed by atoms with Gasteiger partial charge in [0.15, 0.2) is 0 Å². The molecule has 3 N–H and O–H groups in total. The van der Waals surface area contributed by atoms with Crippen LogP contribution in [-0.4, -0.2) is 105 Å². The van der Waals surface area contributed by atoms with Crippen molar-refractivity contribution >= 4 is 61.9 Å². The average molecular weight is 1080 g/mol. The minimum Gasteiger partial charge on any atom is -0.444 e. The number of aryl methyl sites for hydroxylation is 1. The number of nitrogens with zero attached hydrogens (tertiary/aromatic N) is 7. The smallest absolute Gasteiger partial charge is 0.410 e. The van der Waals surface area contributed by atoms with Crippen LogP contribution in [0.4, 0.5) is 9.50 Å². The molecule has 0 radical (unpaired) electrons. The van der Waals surface area contributed by atoms with Gasteiger partial charge in [0.25, 0.3) is 15.3 Å². The van der Waals surface area contributed by atoms with Gasteiger partial charge >= 0.3 is 6.09 Å². The summed E-state index contributed by atoms with van der Waals surface area (Å²) in [4.78, 5) is 43.8. The highest BCUT2D eigenvalue weighted by Gasteiger charge is 2.30. The zero-order valence-corrected chi connectivity index (χ0v) is 44.4. The fourth-order valence-corrected chi connectivity index (χ4v) is 9.08. The van der Waals surface area contributed by atoms with E-state index in [2.05, 4.69) is 45.4 Å². The van der Waals surface area contributed by atoms with Crippen LogP contribution in [0.15, 0.2) is 120 Å². The number of rotatable bonds is 10. The Hall–Kier alpha value is -5.89. The molecule has 6 aromatic rings. The van der Waals surface area contributed by atoms with Crippen LogP contribution < -0.4 is 10.1 Å². The average Bonchev–Trinajstić information content (AvgIpc) is 4.12. The summed E-state index contributed by atoms with van der Waals surface area (Å²) in [6.07, 6.45) is 12.5. The van der Waals surface area contributed by atoms with Crippen molar-refractivity contribution in [2.75, 3.05) is 39.4 Å². The molecule has 3 aromatic heterocycles. The molecule has 0 bridgehead atoms. The molecule has 392 valence electrons. The van der Waals surface area contributed by atoms with E-state index in [1.165, 1.54) is 24.9 Å². The molecule has 9 rings (SSSR count). The van der Waals surface area contributed by atoms with Crippen LogP contribution >= 0.6 is 34.8 Å². The number of hydrogen-bond acceptors (Lipinski definition) is 13. The number of benzene rings is 3. The highest BCUT2D eigenvalue weighted by atomic mass is 35.5. The molecule has 16 nitrogen and oxygen atoms in total. The number of H-pyrrole nitrogens is 1. The zero-order valence-electron chi connectivity index (χ0n) is 41.3. The van der Waals surface area contributed by atoms with Crippen LogP contribution in [0.1, 0.15) is 93.9 Å². The van der Waals surface area contributed by atoms with E-state index >= 15 is 0 Å². The van der Waals surface area contributed by atoms with Gasteiger partial charge < -0.3 is 19.7 Å². The molecule has 0 aliphatic carbocycles. The van der Waals surface area contributed by atoms with Crippen molar-refractivity contribution in [2.45, 2.75) is 89.1 Å². The van der Waals surface area contributed by atoms with Crippen LogP contribution in [0.25, 0.3) is 22.5 Å². The molecule has 3 fully saturated rings. The van der Waals surface area contributed by atoms with Gasteiger partial charge in [-0.2, -0.15) is 18.6 Å². The number of hydrogen-bond donors (Lipinski definition) is 3. The van der Waals surface area contributed by atoms with E-state index in [-0.39, 0.29) is 23.0 Å². The number of aromatic nitrogens is 6. The summed E-state index contributed by atoms with van der Waals surface area (Å²) >= 11 is 16.8. The standard InChI is InChI=1S/C23H31N5O4S.C18H18ClN5.C7H4Cl2O.C4H8O.FH.H2/c1-17-5-7-20(8-6-17)33(30,31)27-26-21(15-19-9-12-24-16-25-19)18-10-13-28(14-11-18)22(29)32-23(2,3)4;19-14-3-1-12(2-4-14)17-16(15-7-10-21-11-22-15)18(24-23-17)13-5-8-20-9-6-13;8-6-3-1-5(2-4-6)7(9)10;1-2-4-5-3-1;;/h5-9,12,16,18,27H,10-11,13-15H2,1-4H3;1-4,7,10-11,13,20H,5-6,8-9H2,(H,23,24);1-4H;1-4H2;2*1H/b26-21+;;;;;/i;;;;;1+2. The molecule has 3 saturated heterocycles. The van der Waals surface area contributed by atoms with E-state index in [0.717, 1.165) is 77.9 Å². The third-order valence-electron chi connectivity index (χ3n) is 11.7. The van der Waals surface area contributed by atoms with Crippen LogP contribution in [0, 0.1) is 12.8 Å². The molecular weight excluding hydrogens is 1020 g/mol. The molecule has 3 aliphatic rings. The van der Waals surface area contributed by atoms with Crippen molar-refractivity contribution in [3.63, 3.8) is 0 Å². The summed E-state index contributed by atoms with van der Waals surface area (Å²) in [7, 11) is -3.80. The van der Waals surface area contributed by atoms with Crippen LogP contribution in [0.5, 0.6) is 0 Å². The van der Waals surface area contributed by atoms with E-state index in [9.17, 15) is 18.0 Å². The van der Waals surface area contributed by atoms with Crippen LogP contribution in [0.3, 0.4) is 0 Å². The number of piperidine rings is 2. The van der Waals surface area contributed by atoms with Crippen molar-refractivity contribution in [3.05, 3.63) is 143 Å². The van der Waals surface area contributed by atoms with Gasteiger partial charge in [-0.15, -0.1) is 0 Å². The summed E-state index contributed by atoms with van der Waals surface area (Å²) in [6.45, 7) is 12.5. The van der Waals surface area contributed by atoms with Crippen molar-refractivity contribution in [1.29, 1.82) is 0 Å². The first-order valence-electron chi connectivity index (χ1n) is 23.8. The maximum absolute atomic E-state index is 12.7. The molecule has 3 aromatic carbocycles. The quantitative estimate of drug-likeness (QED) is 0.0665. The Morgan fingerprint density at radius 1 is 0.849 bits per heavy atom. The van der Waals surface area contributed by atoms with Gasteiger partial charge in [-0.1, -0.05) is 53.0 Å². The Kier molecular flexibility index (Phi) is 22.7. The number of nitrogens with one attached hydrogen (secondary N) is 3. The Morgan fingerprint density at radius 3 is 1.99 bits per heavy atom. The minimum absolute atomic E-state index is 0. The predicted molar refractivity (Wildman–Crippen MR) is 286 cm³/mol. The van der Waals surface area contributed by atoms with Crippen molar-refractivity contribution in [3.8, 4) is 22.5 Å². The van der Waals surface area contributed by atoms with E-state index in [4.69, 9.17) is 44.3 Å². The molecule has 0 atom stereocenters. The lowest BCUT2D eigenvalue weighted by atomic mass is 9.89. The maximum atomic E-state index is 12.7. The topological polar surface area (TPSA) is 207 Å². The van der Waals surface area contributed by atoms with E-state index in [1.54, 1.807) is 78.2 Å². The number of halogens is 4. The number of hydrazone groups is 1. The number of carbonyl (C=O) groups excluding carboxylic acids is 2. The third-order valence-corrected chi connectivity index (χ3v) is 13.6. The molecule has 21 heteroatoms. The molecule has 0 saturated carbocycles. The first-order valence-corrected chi connectivity index (χ1v) is 26.4. The maximum Gasteiger partial charge on any atom is 0.410 e. The minimum atomic E-state index is -3.80. The van der Waals surface area contributed by atoms with Crippen molar-refractivity contribution in [1.82, 2.24) is 45.2 Å². The van der Waals surface area contributed by atoms with Crippen LogP contribution in [0.2, 0.25) is 10.0 Å². The first-order chi connectivity index (χ1) is 34.6. The summed E-state index contributed by atoms with van der Waals surface area (Å²) in [5.74, 6) is 0.462. The van der Waals surface area contributed by atoms with E-state index < -0.39 is 20.9 Å². The second-order valence-electron chi connectivity index (χ2n) is 18.2. The monoisotopic (exact) mass is 1080 g/mol. The largest absolute Gasteiger partial charge is 0.444 e. The normalized spacial score (nSPS) is 15.2. The Morgan fingerprint density at radius 2 is 1.45 bits per heavy atom. The number of amides is 1. The molecular formula is C52H64Cl3FN10O6S. The number of likely N-dealkylation sites (tertiary alicyclic amines) is 1. The Bertz CT molecular complexity index is 2770. The highest BCUT2D eigenvalue weighted by Crippen LogP contribution is 2.38. The lowest BCUT2D eigenvalue weighted by molar-refractivity contribution is 0.0201. The lowest BCUT2D eigenvalue weighted by Crippen LogP contribution is -2.43. The van der Waals surface area contributed by atoms with Gasteiger partial charge in [0, 0.05) is 102 Å².